The van der Waals surface area contributed by atoms with Gasteiger partial charge in [0.15, 0.2) is 0 Å². The van der Waals surface area contributed by atoms with Crippen LogP contribution in [0, 0.1) is 38.5 Å². The van der Waals surface area contributed by atoms with E-state index in [-0.39, 0.29) is 42.0 Å². The van der Waals surface area contributed by atoms with Crippen molar-refractivity contribution in [2.24, 2.45) is 17.8 Å². The van der Waals surface area contributed by atoms with Crippen LogP contribution in [-0.4, -0.2) is 95.3 Å². The number of benzene rings is 9. The van der Waals surface area contributed by atoms with Crippen molar-refractivity contribution in [3.63, 3.8) is 0 Å². The van der Waals surface area contributed by atoms with Crippen molar-refractivity contribution >= 4 is 47.0 Å². The first kappa shape index (κ1) is 72.4. The van der Waals surface area contributed by atoms with Crippen LogP contribution in [0.25, 0.3) is 0 Å². The Kier molecular flexibility index (Phi) is 24.7. The molecule has 3 saturated heterocycles. The smallest absolute Gasteiger partial charge is 0.410 e. The third-order valence-corrected chi connectivity index (χ3v) is 16.6. The van der Waals surface area contributed by atoms with Crippen LogP contribution in [0.1, 0.15) is 92.7 Å². The molecular formula is C82H90N6O11. The Balaban J connectivity index is 0.000000161. The number of nitrogens with zero attached hydrogens (tertiary/aromatic N) is 2. The second kappa shape index (κ2) is 33.8. The van der Waals surface area contributed by atoms with Crippen molar-refractivity contribution in [2.45, 2.75) is 91.3 Å². The van der Waals surface area contributed by atoms with Gasteiger partial charge in [-0.05, 0) is 168 Å². The summed E-state index contributed by atoms with van der Waals surface area (Å²) in [5.41, 5.74) is 13.2. The highest BCUT2D eigenvalue weighted by Crippen LogP contribution is 2.37. The van der Waals surface area contributed by atoms with E-state index in [1.165, 1.54) is 16.0 Å². The molecule has 0 aromatic heterocycles. The van der Waals surface area contributed by atoms with Crippen LogP contribution < -0.4 is 35.9 Å². The first-order valence-corrected chi connectivity index (χ1v) is 33.3. The Bertz CT molecular complexity index is 4120. The minimum absolute atomic E-state index is 0.0339. The van der Waals surface area contributed by atoms with Crippen LogP contribution in [0.3, 0.4) is 0 Å². The van der Waals surface area contributed by atoms with Gasteiger partial charge in [-0.2, -0.15) is 0 Å². The summed E-state index contributed by atoms with van der Waals surface area (Å²) in [5.74, 6) is 2.23. The largest absolute Gasteiger partial charge is 0.481 e. The lowest BCUT2D eigenvalue weighted by molar-refractivity contribution is -0.141. The molecule has 3 aliphatic heterocycles. The number of carboxylic acid groups (broad SMARTS) is 1. The molecule has 0 bridgehead atoms. The van der Waals surface area contributed by atoms with Crippen LogP contribution in [0.15, 0.2) is 237 Å². The molecule has 0 unspecified atom stereocenters. The fourth-order valence-electron chi connectivity index (χ4n) is 11.9. The first-order chi connectivity index (χ1) is 47.4. The monoisotopic (exact) mass is 1330 g/mol. The van der Waals surface area contributed by atoms with Gasteiger partial charge in [-0.3, -0.25) is 14.4 Å². The van der Waals surface area contributed by atoms with Crippen molar-refractivity contribution in [2.75, 3.05) is 55.6 Å². The molecule has 3 aliphatic rings. The summed E-state index contributed by atoms with van der Waals surface area (Å²) < 4.78 is 28.5. The number of nitrogen functional groups attached to an aromatic ring is 1. The number of anilines is 3. The molecule has 3 heterocycles. The van der Waals surface area contributed by atoms with E-state index in [1.807, 2.05) is 260 Å². The summed E-state index contributed by atoms with van der Waals surface area (Å²) in [4.78, 5) is 65.8. The third-order valence-electron chi connectivity index (χ3n) is 16.6. The van der Waals surface area contributed by atoms with Gasteiger partial charge in [0.25, 0.3) is 0 Å². The molecule has 0 saturated carbocycles. The van der Waals surface area contributed by atoms with E-state index in [9.17, 15) is 29.1 Å². The lowest BCUT2D eigenvalue weighted by Crippen LogP contribution is -2.36. The average molecular weight is 1340 g/mol. The lowest BCUT2D eigenvalue weighted by atomic mass is 9.88. The zero-order valence-corrected chi connectivity index (χ0v) is 57.7. The van der Waals surface area contributed by atoms with E-state index in [0.29, 0.717) is 49.1 Å². The quantitative estimate of drug-likeness (QED) is 0.0641. The Hall–Kier alpha value is -10.9. The summed E-state index contributed by atoms with van der Waals surface area (Å²) in [7, 11) is 0. The molecule has 99 heavy (non-hydrogen) atoms. The van der Waals surface area contributed by atoms with Crippen LogP contribution in [-0.2, 0) is 23.9 Å². The topological polar surface area (TPSA) is 220 Å². The number of nitrogens with two attached hydrogens (primary N) is 1. The summed E-state index contributed by atoms with van der Waals surface area (Å²) in [5, 5.41) is 18.8. The van der Waals surface area contributed by atoms with Crippen LogP contribution >= 0.6 is 0 Å². The SMILES string of the molecule is CC(C)(C)OC(=O)N1C[C@@H](C(=O)O)[C@H](c2ccccc2)C1.Cc1cccc(Oc2cccc(N)c2)c1.Cc1cccc(Oc2cccc(NC(=O)[C@@H]3CN(C(=O)OC(C)(C)C)C[C@H]3c3ccccc3)c2)c1.Cc1cccc(Oc2cccc(NC(=O)[C@@H]3CNC[C@H]3c3ccccc3)c2)c1. The Labute approximate surface area is 581 Å². The summed E-state index contributed by atoms with van der Waals surface area (Å²) in [6, 6.07) is 75.4. The van der Waals surface area contributed by atoms with E-state index in [4.69, 9.17) is 29.4 Å². The van der Waals surface area contributed by atoms with Gasteiger partial charge in [-0.1, -0.05) is 146 Å². The summed E-state index contributed by atoms with van der Waals surface area (Å²) >= 11 is 0. The van der Waals surface area contributed by atoms with Gasteiger partial charge in [-0.15, -0.1) is 0 Å². The molecule has 12 rings (SSSR count). The predicted octanol–water partition coefficient (Wildman–Crippen LogP) is 17.2. The van der Waals surface area contributed by atoms with Gasteiger partial charge in [-0.25, -0.2) is 9.59 Å². The van der Waals surface area contributed by atoms with Crippen LogP contribution in [0.5, 0.6) is 34.5 Å². The molecule has 3 fully saturated rings. The predicted molar refractivity (Wildman–Crippen MR) is 389 cm³/mol. The van der Waals surface area contributed by atoms with Crippen LogP contribution in [0.2, 0.25) is 0 Å². The number of hydrogen-bond donors (Lipinski definition) is 5. The van der Waals surface area contributed by atoms with Crippen molar-refractivity contribution in [1.29, 1.82) is 0 Å². The van der Waals surface area contributed by atoms with Crippen molar-refractivity contribution in [3.8, 4) is 34.5 Å². The van der Waals surface area contributed by atoms with Gasteiger partial charge < -0.3 is 60.3 Å². The number of hydrogen-bond acceptors (Lipinski definition) is 12. The molecule has 0 aliphatic carbocycles. The number of carbonyl (C=O) groups is 5. The summed E-state index contributed by atoms with van der Waals surface area (Å²) in [6.07, 6.45) is -0.852. The molecule has 17 heteroatoms. The van der Waals surface area contributed by atoms with Gasteiger partial charge in [0.1, 0.15) is 45.7 Å². The molecule has 6 N–H and O–H groups in total. The number of likely N-dealkylation sites (tertiary alicyclic amines) is 2. The molecule has 4 amide bonds. The van der Waals surface area contributed by atoms with Crippen molar-refractivity contribution in [3.05, 3.63) is 270 Å². The zero-order valence-electron chi connectivity index (χ0n) is 57.7. The second-order valence-electron chi connectivity index (χ2n) is 27.0. The number of rotatable bonds is 14. The van der Waals surface area contributed by atoms with Crippen LogP contribution in [0.4, 0.5) is 26.7 Å². The fraction of sp³-hybridized carbons (Fsp3) is 0.280. The number of nitrogens with one attached hydrogen (secondary N) is 3. The summed E-state index contributed by atoms with van der Waals surface area (Å²) in [6.45, 7) is 19.8. The Morgan fingerprint density at radius 1 is 0.404 bits per heavy atom. The number of amides is 4. The average Bonchev–Trinajstić information content (AvgIpc) is 1.68. The maximum absolute atomic E-state index is 13.4. The van der Waals surface area contributed by atoms with Gasteiger partial charge in [0.05, 0.1) is 17.8 Å². The minimum atomic E-state index is -0.880. The maximum atomic E-state index is 13.4. The van der Waals surface area contributed by atoms with Gasteiger partial charge in [0, 0.05) is 92.3 Å². The zero-order chi connectivity index (χ0) is 70.6. The maximum Gasteiger partial charge on any atom is 0.410 e. The van der Waals surface area contributed by atoms with E-state index in [1.54, 1.807) is 31.7 Å². The number of aryl methyl sites for hydroxylation is 3. The Morgan fingerprint density at radius 3 is 1.13 bits per heavy atom. The van der Waals surface area contributed by atoms with Gasteiger partial charge >= 0.3 is 18.2 Å². The normalized spacial score (nSPS) is 17.7. The molecule has 17 nitrogen and oxygen atoms in total. The lowest BCUT2D eigenvalue weighted by Gasteiger charge is -2.24. The number of aliphatic carboxylic acids is 1. The highest BCUT2D eigenvalue weighted by atomic mass is 16.6. The van der Waals surface area contributed by atoms with E-state index < -0.39 is 41.2 Å². The highest BCUT2D eigenvalue weighted by molar-refractivity contribution is 5.95. The molecule has 0 radical (unpaired) electrons. The molecule has 0 spiro atoms. The van der Waals surface area contributed by atoms with E-state index in [0.717, 1.165) is 57.5 Å². The highest BCUT2D eigenvalue weighted by Gasteiger charge is 2.43. The second-order valence-corrected chi connectivity index (χ2v) is 27.0. The van der Waals surface area contributed by atoms with E-state index in [2.05, 4.69) is 28.1 Å². The number of ether oxygens (including phenoxy) is 5. The number of carboxylic acids is 1. The minimum Gasteiger partial charge on any atom is -0.481 e. The molecule has 514 valence electrons. The first-order valence-electron chi connectivity index (χ1n) is 33.3. The molecular weight excluding hydrogens is 1240 g/mol. The third kappa shape index (κ3) is 22.1. The fourth-order valence-corrected chi connectivity index (χ4v) is 11.9. The molecule has 6 atom stereocenters. The van der Waals surface area contributed by atoms with Crippen molar-refractivity contribution < 1.29 is 52.8 Å². The standard InChI is InChI=1S/C29H32N2O4.C24H24N2O2.C16H21NO4.C13H13NO/c1-20-10-8-14-23(16-20)34-24-15-9-13-22(17-24)30-27(32)26-19-31(28(33)35-29(2,3)4)18-25(26)21-11-6-5-7-12-21;1-17-7-5-11-20(13-17)28-21-12-6-10-19(14-21)26-24(27)23-16-25-15-22(23)18-8-3-2-4-9-18;1-16(2,3)21-15(20)17-9-12(13(10-17)14(18)19)11-7-5-4-6-8-11;1-10-4-2-6-12(8-10)15-13-7-3-5-11(14)9-13/h5-17,25-26H,18-19H2,1-4H3,(H,30,32);2-14,22-23,25H,15-16H2,1H3,(H,26,27);4-8,12-13H,9-10H2,1-3H3,(H,18,19);2-9H,14H2,1H3/t25-,26+;22-,23+;12-,13+;/m000./s1. The molecule has 9 aromatic carbocycles. The van der Waals surface area contributed by atoms with E-state index >= 15 is 0 Å². The Morgan fingerprint density at radius 2 is 0.747 bits per heavy atom. The molecule has 9 aromatic rings. The number of carbonyl (C=O) groups excluding carboxylic acids is 4. The van der Waals surface area contributed by atoms with Crippen molar-refractivity contribution in [1.82, 2.24) is 15.1 Å². The van der Waals surface area contributed by atoms with Gasteiger partial charge in [0.2, 0.25) is 11.8 Å².